The Kier molecular flexibility index (Phi) is 9.14. The zero-order valence-electron chi connectivity index (χ0n) is 17.8. The summed E-state index contributed by atoms with van der Waals surface area (Å²) in [6.45, 7) is 4.43. The van der Waals surface area contributed by atoms with Crippen molar-refractivity contribution in [3.8, 4) is 6.07 Å². The second-order valence-corrected chi connectivity index (χ2v) is 7.25. The lowest BCUT2D eigenvalue weighted by Crippen LogP contribution is -2.06. The fourth-order valence-corrected chi connectivity index (χ4v) is 3.22. The fraction of sp³-hybridized carbons (Fsp3) is 0.174. The van der Waals surface area contributed by atoms with Gasteiger partial charge in [0, 0.05) is 17.3 Å². The van der Waals surface area contributed by atoms with Crippen molar-refractivity contribution in [3.05, 3.63) is 75.6 Å². The Balaban J connectivity index is 0.00000114. The van der Waals surface area contributed by atoms with Crippen LogP contribution in [0.25, 0.3) is 10.9 Å². The lowest BCUT2D eigenvalue weighted by molar-refractivity contribution is -0.106. The van der Waals surface area contributed by atoms with Crippen LogP contribution in [0.3, 0.4) is 0 Å². The van der Waals surface area contributed by atoms with Gasteiger partial charge in [0.1, 0.15) is 11.9 Å². The van der Waals surface area contributed by atoms with Crippen LogP contribution < -0.4 is 16.9 Å². The van der Waals surface area contributed by atoms with Crippen LogP contribution in [0, 0.1) is 25.2 Å². The number of nitrogens with two attached hydrogens (primary N) is 2. The molecule has 3 rings (SSSR count). The molecule has 0 unspecified atom stereocenters. The first-order valence-corrected chi connectivity index (χ1v) is 10.0. The van der Waals surface area contributed by atoms with Crippen LogP contribution in [0.4, 0.5) is 5.82 Å². The number of nitrogens with zero attached hydrogens (tertiary/aromatic N) is 4. The number of fused-ring (bicyclic) bond motifs is 1. The van der Waals surface area contributed by atoms with E-state index in [-0.39, 0.29) is 6.41 Å². The summed E-state index contributed by atoms with van der Waals surface area (Å²) in [5.41, 5.74) is 18.3. The molecule has 0 aliphatic heterocycles. The SMILES string of the molecule is Cc1cc(N)nc(C)c1C/C=C(C#N)/C=N\NCc1ccc2ncc(Cl)cc2c1.NC=O. The molecule has 5 N–H and O–H groups in total. The summed E-state index contributed by atoms with van der Waals surface area (Å²) < 4.78 is 0. The highest BCUT2D eigenvalue weighted by Crippen LogP contribution is 2.18. The highest BCUT2D eigenvalue weighted by atomic mass is 35.5. The van der Waals surface area contributed by atoms with Crippen LogP contribution in [0.1, 0.15) is 22.4 Å². The number of rotatable bonds is 6. The number of hydrogen-bond donors (Lipinski definition) is 3. The van der Waals surface area contributed by atoms with Gasteiger partial charge in [0.15, 0.2) is 0 Å². The van der Waals surface area contributed by atoms with Crippen LogP contribution in [-0.4, -0.2) is 22.6 Å². The quantitative estimate of drug-likeness (QED) is 0.228. The van der Waals surface area contributed by atoms with E-state index in [1.165, 1.54) is 6.21 Å². The lowest BCUT2D eigenvalue weighted by atomic mass is 10.0. The molecule has 0 aliphatic rings. The number of carbonyl (C=O) groups is 1. The average Bonchev–Trinajstić information content (AvgIpc) is 2.74. The number of aromatic nitrogens is 2. The van der Waals surface area contributed by atoms with Gasteiger partial charge in [-0.05, 0) is 61.2 Å². The van der Waals surface area contributed by atoms with Crippen molar-refractivity contribution >= 4 is 40.9 Å². The van der Waals surface area contributed by atoms with E-state index in [9.17, 15) is 5.26 Å². The summed E-state index contributed by atoms with van der Waals surface area (Å²) >= 11 is 6.00. The molecular weight excluding hydrogens is 426 g/mol. The molecule has 0 bridgehead atoms. The van der Waals surface area contributed by atoms with Crippen LogP contribution in [0.2, 0.25) is 5.02 Å². The molecule has 0 fully saturated rings. The zero-order chi connectivity index (χ0) is 23.5. The number of anilines is 1. The van der Waals surface area contributed by atoms with Gasteiger partial charge >= 0.3 is 0 Å². The molecule has 1 aromatic carbocycles. The Morgan fingerprint density at radius 1 is 1.31 bits per heavy atom. The molecule has 9 heteroatoms. The first-order valence-electron chi connectivity index (χ1n) is 9.66. The molecule has 1 amide bonds. The number of primary amides is 1. The maximum Gasteiger partial charge on any atom is 0.204 e. The van der Waals surface area contributed by atoms with Crippen molar-refractivity contribution < 1.29 is 4.79 Å². The number of hydrogen-bond acceptors (Lipinski definition) is 7. The van der Waals surface area contributed by atoms with Gasteiger partial charge in [-0.25, -0.2) is 4.98 Å². The summed E-state index contributed by atoms with van der Waals surface area (Å²) in [5, 5.41) is 15.1. The van der Waals surface area contributed by atoms with Crippen molar-refractivity contribution in [1.29, 1.82) is 5.26 Å². The third kappa shape index (κ3) is 7.07. The number of amides is 1. The number of hydrazone groups is 1. The van der Waals surface area contributed by atoms with Crippen LogP contribution >= 0.6 is 11.6 Å². The highest BCUT2D eigenvalue weighted by molar-refractivity contribution is 6.31. The Morgan fingerprint density at radius 2 is 2.06 bits per heavy atom. The number of aryl methyl sites for hydroxylation is 2. The standard InChI is InChI=1S/C22H21ClN6.CH3NO/c1-14-7-22(25)29-15(2)20(14)5-3-17(10-24)12-28-27-11-16-4-6-21-18(8-16)9-19(23)13-26-21;2-1-3/h3-4,6-9,12-13,27H,5,11H2,1-2H3,(H2,25,29);1H,(H2,2,3)/b17-3+,28-12-;. The second kappa shape index (κ2) is 12.0. The summed E-state index contributed by atoms with van der Waals surface area (Å²) in [6, 6.07) is 11.8. The number of allylic oxidation sites excluding steroid dienone is 2. The van der Waals surface area contributed by atoms with E-state index < -0.39 is 0 Å². The molecule has 0 radical (unpaired) electrons. The van der Waals surface area contributed by atoms with Gasteiger partial charge in [-0.15, -0.1) is 0 Å². The monoisotopic (exact) mass is 449 g/mol. The van der Waals surface area contributed by atoms with Crippen molar-refractivity contribution in [2.45, 2.75) is 26.8 Å². The number of benzene rings is 1. The Morgan fingerprint density at radius 3 is 2.75 bits per heavy atom. The smallest absolute Gasteiger partial charge is 0.204 e. The van der Waals surface area contributed by atoms with Crippen LogP contribution in [-0.2, 0) is 17.8 Å². The van der Waals surface area contributed by atoms with Gasteiger partial charge in [-0.2, -0.15) is 10.4 Å². The molecule has 3 aromatic rings. The number of nitriles is 1. The van der Waals surface area contributed by atoms with Gasteiger partial charge in [0.05, 0.1) is 28.9 Å². The topological polar surface area (TPSA) is 143 Å². The van der Waals surface area contributed by atoms with Gasteiger partial charge in [0.25, 0.3) is 0 Å². The van der Waals surface area contributed by atoms with Crippen LogP contribution in [0.5, 0.6) is 0 Å². The minimum absolute atomic E-state index is 0.250. The van der Waals surface area contributed by atoms with Crippen molar-refractivity contribution in [1.82, 2.24) is 15.4 Å². The van der Waals surface area contributed by atoms with Gasteiger partial charge in [-0.3, -0.25) is 9.78 Å². The summed E-state index contributed by atoms with van der Waals surface area (Å²) in [4.78, 5) is 17.1. The van der Waals surface area contributed by atoms with Crippen molar-refractivity contribution in [3.63, 3.8) is 0 Å². The third-order valence-electron chi connectivity index (χ3n) is 4.52. The Bertz CT molecular complexity index is 1180. The number of nitrogen functional groups attached to an aromatic ring is 1. The molecule has 8 nitrogen and oxygen atoms in total. The van der Waals surface area contributed by atoms with E-state index in [1.807, 2.05) is 50.3 Å². The minimum atomic E-state index is 0.250. The Hall–Kier alpha value is -3.96. The first-order chi connectivity index (χ1) is 15.4. The lowest BCUT2D eigenvalue weighted by Gasteiger charge is -2.08. The number of nitrogens with one attached hydrogen (secondary N) is 1. The number of carbonyl (C=O) groups excluding carboxylic acids is 1. The van der Waals surface area contributed by atoms with Crippen molar-refractivity contribution in [2.75, 3.05) is 5.73 Å². The molecule has 2 heterocycles. The minimum Gasteiger partial charge on any atom is -0.384 e. The van der Waals surface area contributed by atoms with E-state index in [1.54, 1.807) is 6.20 Å². The summed E-state index contributed by atoms with van der Waals surface area (Å²) in [7, 11) is 0. The van der Waals surface area contributed by atoms with E-state index in [0.717, 1.165) is 33.3 Å². The van der Waals surface area contributed by atoms with E-state index in [2.05, 4.69) is 32.3 Å². The summed E-state index contributed by atoms with van der Waals surface area (Å²) in [5.74, 6) is 0.505. The second-order valence-electron chi connectivity index (χ2n) is 6.81. The van der Waals surface area contributed by atoms with E-state index >= 15 is 0 Å². The molecule has 0 spiro atoms. The molecular formula is C23H24ClN7O. The molecule has 164 valence electrons. The summed E-state index contributed by atoms with van der Waals surface area (Å²) in [6.07, 6.45) is 5.83. The van der Waals surface area contributed by atoms with Gasteiger partial charge in [0.2, 0.25) is 6.41 Å². The van der Waals surface area contributed by atoms with Crippen molar-refractivity contribution in [2.24, 2.45) is 10.8 Å². The fourth-order valence-electron chi connectivity index (χ4n) is 3.05. The molecule has 2 aromatic heterocycles. The normalized spacial score (nSPS) is 11.0. The zero-order valence-corrected chi connectivity index (χ0v) is 18.6. The molecule has 32 heavy (non-hydrogen) atoms. The number of halogens is 1. The van der Waals surface area contributed by atoms with E-state index in [4.69, 9.17) is 22.1 Å². The maximum atomic E-state index is 9.36. The number of pyridine rings is 2. The van der Waals surface area contributed by atoms with Gasteiger partial charge in [-0.1, -0.05) is 23.7 Å². The first kappa shape index (κ1) is 24.3. The van der Waals surface area contributed by atoms with Gasteiger partial charge < -0.3 is 16.9 Å². The van der Waals surface area contributed by atoms with E-state index in [0.29, 0.717) is 29.4 Å². The predicted octanol–water partition coefficient (Wildman–Crippen LogP) is 3.35. The molecule has 0 aliphatic carbocycles. The van der Waals surface area contributed by atoms with Crippen LogP contribution in [0.15, 0.2) is 53.3 Å². The maximum absolute atomic E-state index is 9.36. The average molecular weight is 450 g/mol. The Labute approximate surface area is 191 Å². The third-order valence-corrected chi connectivity index (χ3v) is 4.73. The predicted molar refractivity (Wildman–Crippen MR) is 128 cm³/mol. The highest BCUT2D eigenvalue weighted by Gasteiger charge is 2.05. The largest absolute Gasteiger partial charge is 0.384 e. The molecule has 0 saturated carbocycles. The molecule has 0 saturated heterocycles. The molecule has 0 atom stereocenters.